The van der Waals surface area contributed by atoms with Gasteiger partial charge in [-0.25, -0.2) is 0 Å². The molecule has 0 spiro atoms. The molecule has 2 aliphatic rings. The number of carbonyl (C=O) groups excluding carboxylic acids is 1. The molecule has 3 rings (SSSR count). The Kier molecular flexibility index (Phi) is 4.32. The normalized spacial score (nSPS) is 21.0. The number of nitrogens with zero attached hydrogens (tertiary/aromatic N) is 1. The van der Waals surface area contributed by atoms with Crippen molar-refractivity contribution in [2.75, 3.05) is 7.05 Å². The Bertz CT molecular complexity index is 483. The van der Waals surface area contributed by atoms with Crippen LogP contribution >= 0.6 is 0 Å². The van der Waals surface area contributed by atoms with Gasteiger partial charge in [0, 0.05) is 18.7 Å². The van der Waals surface area contributed by atoms with Gasteiger partial charge < -0.3 is 4.90 Å². The number of amides is 1. The first-order valence-electron chi connectivity index (χ1n) is 8.54. The fourth-order valence-corrected chi connectivity index (χ4v) is 3.62. The van der Waals surface area contributed by atoms with E-state index in [1.54, 1.807) is 0 Å². The number of carbonyl (C=O) groups is 1. The fraction of sp³-hybridized carbons (Fsp3) is 0.632. The molecular formula is C19H27NO. The van der Waals surface area contributed by atoms with Gasteiger partial charge in [0.05, 0.1) is 0 Å². The van der Waals surface area contributed by atoms with Crippen molar-refractivity contribution in [3.8, 4) is 0 Å². The Morgan fingerprint density at radius 2 is 1.67 bits per heavy atom. The number of benzene rings is 1. The van der Waals surface area contributed by atoms with Gasteiger partial charge >= 0.3 is 0 Å². The number of hydrogen-bond donors (Lipinski definition) is 0. The lowest BCUT2D eigenvalue weighted by atomic mass is 9.84. The highest BCUT2D eigenvalue weighted by Gasteiger charge is 2.32. The summed E-state index contributed by atoms with van der Waals surface area (Å²) < 4.78 is 0. The van der Waals surface area contributed by atoms with Crippen LogP contribution < -0.4 is 0 Å². The molecule has 1 aromatic rings. The van der Waals surface area contributed by atoms with Crippen LogP contribution in [0.25, 0.3) is 0 Å². The Morgan fingerprint density at radius 3 is 2.24 bits per heavy atom. The van der Waals surface area contributed by atoms with E-state index in [0.717, 1.165) is 11.5 Å². The van der Waals surface area contributed by atoms with Crippen molar-refractivity contribution in [3.63, 3.8) is 0 Å². The molecule has 1 atom stereocenters. The molecule has 2 nitrogen and oxygen atoms in total. The molecule has 114 valence electrons. The van der Waals surface area contributed by atoms with Crippen molar-refractivity contribution in [1.82, 2.24) is 4.90 Å². The van der Waals surface area contributed by atoms with Crippen LogP contribution in [0.3, 0.4) is 0 Å². The summed E-state index contributed by atoms with van der Waals surface area (Å²) in [7, 11) is 1.94. The quantitative estimate of drug-likeness (QED) is 0.791. The Morgan fingerprint density at radius 1 is 1.05 bits per heavy atom. The lowest BCUT2D eigenvalue weighted by molar-refractivity contribution is 0.0727. The van der Waals surface area contributed by atoms with Crippen molar-refractivity contribution in [1.29, 1.82) is 0 Å². The second kappa shape index (κ2) is 6.21. The van der Waals surface area contributed by atoms with Crippen LogP contribution in [0, 0.1) is 5.92 Å². The van der Waals surface area contributed by atoms with E-state index in [9.17, 15) is 4.79 Å². The summed E-state index contributed by atoms with van der Waals surface area (Å²) in [5, 5.41) is 0. The molecule has 1 aromatic carbocycles. The zero-order chi connectivity index (χ0) is 14.8. The van der Waals surface area contributed by atoms with Crippen molar-refractivity contribution in [2.45, 2.75) is 63.8 Å². The largest absolute Gasteiger partial charge is 0.339 e. The van der Waals surface area contributed by atoms with Gasteiger partial charge in [-0.1, -0.05) is 31.4 Å². The second-order valence-corrected chi connectivity index (χ2v) is 6.95. The molecule has 0 heterocycles. The minimum Gasteiger partial charge on any atom is -0.339 e. The van der Waals surface area contributed by atoms with Crippen LogP contribution in [-0.4, -0.2) is 23.9 Å². The van der Waals surface area contributed by atoms with Gasteiger partial charge in [0.15, 0.2) is 0 Å². The van der Waals surface area contributed by atoms with Crippen LogP contribution in [0.2, 0.25) is 0 Å². The molecule has 1 unspecified atom stereocenters. The molecule has 0 aromatic heterocycles. The molecular weight excluding hydrogens is 258 g/mol. The van der Waals surface area contributed by atoms with Gasteiger partial charge in [-0.05, 0) is 62.1 Å². The van der Waals surface area contributed by atoms with Crippen LogP contribution in [0.15, 0.2) is 24.3 Å². The molecule has 0 radical (unpaired) electrons. The van der Waals surface area contributed by atoms with Crippen molar-refractivity contribution in [3.05, 3.63) is 35.4 Å². The topological polar surface area (TPSA) is 20.3 Å². The summed E-state index contributed by atoms with van der Waals surface area (Å²) >= 11 is 0. The molecule has 0 saturated heterocycles. The minimum atomic E-state index is 0.171. The Labute approximate surface area is 128 Å². The zero-order valence-electron chi connectivity index (χ0n) is 13.3. The standard InChI is InChI=1S/C19H27NO/c1-14(15-8-9-15)20(2)19(21)18-12-10-17(11-13-18)16-6-4-3-5-7-16/h10-16H,3-9H2,1-2H3. The van der Waals surface area contributed by atoms with Gasteiger partial charge in [0.1, 0.15) is 0 Å². The third kappa shape index (κ3) is 3.30. The maximum absolute atomic E-state index is 12.5. The Hall–Kier alpha value is -1.31. The maximum Gasteiger partial charge on any atom is 0.253 e. The molecule has 2 heteroatoms. The third-order valence-corrected chi connectivity index (χ3v) is 5.47. The lowest BCUT2D eigenvalue weighted by Gasteiger charge is -2.25. The predicted octanol–water partition coefficient (Wildman–Crippen LogP) is 4.60. The summed E-state index contributed by atoms with van der Waals surface area (Å²) in [6.07, 6.45) is 9.27. The first-order valence-corrected chi connectivity index (χ1v) is 8.54. The number of rotatable bonds is 4. The van der Waals surface area contributed by atoms with E-state index in [-0.39, 0.29) is 5.91 Å². The Balaban J connectivity index is 1.66. The molecule has 2 fully saturated rings. The van der Waals surface area contributed by atoms with Gasteiger partial charge in [-0.2, -0.15) is 0 Å². The van der Waals surface area contributed by atoms with Crippen molar-refractivity contribution in [2.24, 2.45) is 5.92 Å². The van der Waals surface area contributed by atoms with Crippen LogP contribution in [0.5, 0.6) is 0 Å². The first-order chi connectivity index (χ1) is 10.2. The fourth-order valence-electron chi connectivity index (χ4n) is 3.62. The molecule has 0 N–H and O–H groups in total. The van der Waals surface area contributed by atoms with Gasteiger partial charge in [-0.15, -0.1) is 0 Å². The summed E-state index contributed by atoms with van der Waals surface area (Å²) in [5.74, 6) is 1.61. The molecule has 2 saturated carbocycles. The van der Waals surface area contributed by atoms with Crippen LogP contribution in [0.4, 0.5) is 0 Å². The first kappa shape index (κ1) is 14.6. The zero-order valence-corrected chi connectivity index (χ0v) is 13.3. The van der Waals surface area contributed by atoms with E-state index in [0.29, 0.717) is 12.0 Å². The van der Waals surface area contributed by atoms with E-state index in [4.69, 9.17) is 0 Å². The molecule has 2 aliphatic carbocycles. The van der Waals surface area contributed by atoms with Crippen LogP contribution in [0.1, 0.15) is 73.7 Å². The van der Waals surface area contributed by atoms with E-state index in [1.165, 1.54) is 50.5 Å². The highest BCUT2D eigenvalue weighted by molar-refractivity contribution is 5.94. The smallest absolute Gasteiger partial charge is 0.253 e. The highest BCUT2D eigenvalue weighted by Crippen LogP contribution is 2.35. The molecule has 1 amide bonds. The van der Waals surface area contributed by atoms with Gasteiger partial charge in [-0.3, -0.25) is 4.79 Å². The highest BCUT2D eigenvalue weighted by atomic mass is 16.2. The van der Waals surface area contributed by atoms with Crippen molar-refractivity contribution < 1.29 is 4.79 Å². The van der Waals surface area contributed by atoms with Crippen molar-refractivity contribution >= 4 is 5.91 Å². The van der Waals surface area contributed by atoms with Gasteiger partial charge in [0.25, 0.3) is 5.91 Å². The monoisotopic (exact) mass is 285 g/mol. The average molecular weight is 285 g/mol. The second-order valence-electron chi connectivity index (χ2n) is 6.95. The van der Waals surface area contributed by atoms with Gasteiger partial charge in [0.2, 0.25) is 0 Å². The predicted molar refractivity (Wildman–Crippen MR) is 86.5 cm³/mol. The SMILES string of the molecule is CC(C1CC1)N(C)C(=O)c1ccc(C2CCCCC2)cc1. The van der Waals surface area contributed by atoms with E-state index >= 15 is 0 Å². The van der Waals surface area contributed by atoms with E-state index in [1.807, 2.05) is 24.1 Å². The summed E-state index contributed by atoms with van der Waals surface area (Å²) in [4.78, 5) is 14.5. The molecule has 0 aliphatic heterocycles. The molecule has 21 heavy (non-hydrogen) atoms. The summed E-state index contributed by atoms with van der Waals surface area (Å²) in [5.41, 5.74) is 2.26. The molecule has 0 bridgehead atoms. The van der Waals surface area contributed by atoms with E-state index < -0.39 is 0 Å². The lowest BCUT2D eigenvalue weighted by Crippen LogP contribution is -2.36. The van der Waals surface area contributed by atoms with E-state index in [2.05, 4.69) is 19.1 Å². The summed E-state index contributed by atoms with van der Waals surface area (Å²) in [6.45, 7) is 2.17. The summed E-state index contributed by atoms with van der Waals surface area (Å²) in [6, 6.07) is 8.79. The number of hydrogen-bond acceptors (Lipinski definition) is 1. The average Bonchev–Trinajstić information content (AvgIpc) is 3.39. The van der Waals surface area contributed by atoms with Crippen LogP contribution in [-0.2, 0) is 0 Å². The maximum atomic E-state index is 12.5. The third-order valence-electron chi connectivity index (χ3n) is 5.47. The minimum absolute atomic E-state index is 0.171.